The van der Waals surface area contributed by atoms with E-state index in [9.17, 15) is 9.18 Å². The molecule has 1 aliphatic carbocycles. The Kier molecular flexibility index (Phi) is 3.33. The summed E-state index contributed by atoms with van der Waals surface area (Å²) >= 11 is 0. The molecule has 1 aromatic carbocycles. The molecule has 0 bridgehead atoms. The van der Waals surface area contributed by atoms with Crippen LogP contribution in [-0.4, -0.2) is 15.9 Å². The minimum absolute atomic E-state index is 0.0938. The summed E-state index contributed by atoms with van der Waals surface area (Å²) in [5.41, 5.74) is 3.41. The van der Waals surface area contributed by atoms with E-state index in [1.807, 2.05) is 0 Å². The number of halogens is 1. The Labute approximate surface area is 132 Å². The SMILES string of the molecule is O=C(NC1CCCc2c1[nH]c1ccc(F)cc21)c1ccccn1. The summed E-state index contributed by atoms with van der Waals surface area (Å²) in [6, 6.07) is 9.94. The van der Waals surface area contributed by atoms with Gasteiger partial charge in [0.15, 0.2) is 0 Å². The van der Waals surface area contributed by atoms with Crippen molar-refractivity contribution in [2.45, 2.75) is 25.3 Å². The number of amides is 1. The number of carbonyl (C=O) groups is 1. The maximum Gasteiger partial charge on any atom is 0.270 e. The van der Waals surface area contributed by atoms with Crippen molar-refractivity contribution in [3.05, 3.63) is 65.4 Å². The van der Waals surface area contributed by atoms with Crippen LogP contribution in [0.3, 0.4) is 0 Å². The monoisotopic (exact) mass is 309 g/mol. The second-order valence-electron chi connectivity index (χ2n) is 5.84. The molecule has 2 heterocycles. The number of hydrogen-bond donors (Lipinski definition) is 2. The van der Waals surface area contributed by atoms with Crippen LogP contribution >= 0.6 is 0 Å². The highest BCUT2D eigenvalue weighted by Crippen LogP contribution is 2.35. The highest BCUT2D eigenvalue weighted by Gasteiger charge is 2.26. The molecule has 1 aliphatic rings. The fraction of sp³-hybridized carbons (Fsp3) is 0.222. The van der Waals surface area contributed by atoms with E-state index in [4.69, 9.17) is 0 Å². The zero-order valence-corrected chi connectivity index (χ0v) is 12.5. The molecule has 4 rings (SSSR count). The lowest BCUT2D eigenvalue weighted by Crippen LogP contribution is -2.31. The van der Waals surface area contributed by atoms with Crippen LogP contribution in [0.1, 0.15) is 40.6 Å². The van der Waals surface area contributed by atoms with E-state index in [1.54, 1.807) is 36.5 Å². The van der Waals surface area contributed by atoms with Gasteiger partial charge < -0.3 is 10.3 Å². The number of nitrogens with one attached hydrogen (secondary N) is 2. The third-order valence-corrected chi connectivity index (χ3v) is 4.37. The topological polar surface area (TPSA) is 57.8 Å². The average Bonchev–Trinajstić information content (AvgIpc) is 2.95. The largest absolute Gasteiger partial charge is 0.356 e. The van der Waals surface area contributed by atoms with E-state index < -0.39 is 0 Å². The van der Waals surface area contributed by atoms with Crippen molar-refractivity contribution >= 4 is 16.8 Å². The molecule has 5 heteroatoms. The highest BCUT2D eigenvalue weighted by atomic mass is 19.1. The third-order valence-electron chi connectivity index (χ3n) is 4.37. The first-order valence-electron chi connectivity index (χ1n) is 7.74. The Balaban J connectivity index is 1.68. The van der Waals surface area contributed by atoms with Crippen molar-refractivity contribution in [2.75, 3.05) is 0 Å². The van der Waals surface area contributed by atoms with E-state index in [-0.39, 0.29) is 17.8 Å². The van der Waals surface area contributed by atoms with Gasteiger partial charge in [0.25, 0.3) is 5.91 Å². The van der Waals surface area contributed by atoms with Gasteiger partial charge in [-0.2, -0.15) is 0 Å². The van der Waals surface area contributed by atoms with Crippen LogP contribution in [0.5, 0.6) is 0 Å². The van der Waals surface area contributed by atoms with Gasteiger partial charge in [0.1, 0.15) is 11.5 Å². The molecule has 23 heavy (non-hydrogen) atoms. The fourth-order valence-electron chi connectivity index (χ4n) is 3.31. The van der Waals surface area contributed by atoms with Crippen molar-refractivity contribution in [3.63, 3.8) is 0 Å². The normalized spacial score (nSPS) is 17.0. The molecule has 1 amide bonds. The number of hydrogen-bond acceptors (Lipinski definition) is 2. The van der Waals surface area contributed by atoms with Crippen LogP contribution in [0.2, 0.25) is 0 Å². The fourth-order valence-corrected chi connectivity index (χ4v) is 3.31. The van der Waals surface area contributed by atoms with Gasteiger partial charge in [0.05, 0.1) is 6.04 Å². The smallest absolute Gasteiger partial charge is 0.270 e. The molecule has 0 saturated heterocycles. The Morgan fingerprint density at radius 1 is 1.30 bits per heavy atom. The highest BCUT2D eigenvalue weighted by molar-refractivity contribution is 5.93. The van der Waals surface area contributed by atoms with Gasteiger partial charge in [-0.15, -0.1) is 0 Å². The maximum absolute atomic E-state index is 13.5. The van der Waals surface area contributed by atoms with Crippen LogP contribution in [0.15, 0.2) is 42.6 Å². The molecule has 2 aromatic heterocycles. The number of aromatic nitrogens is 2. The first kappa shape index (κ1) is 13.9. The van der Waals surface area contributed by atoms with Gasteiger partial charge >= 0.3 is 0 Å². The lowest BCUT2D eigenvalue weighted by Gasteiger charge is -2.23. The molecule has 4 nitrogen and oxygen atoms in total. The predicted molar refractivity (Wildman–Crippen MR) is 85.6 cm³/mol. The second-order valence-corrected chi connectivity index (χ2v) is 5.84. The number of rotatable bonds is 2. The number of fused-ring (bicyclic) bond motifs is 3. The van der Waals surface area contributed by atoms with Gasteiger partial charge in [0.2, 0.25) is 0 Å². The van der Waals surface area contributed by atoms with E-state index >= 15 is 0 Å². The van der Waals surface area contributed by atoms with Crippen LogP contribution < -0.4 is 5.32 Å². The van der Waals surface area contributed by atoms with E-state index in [2.05, 4.69) is 15.3 Å². The molecule has 116 valence electrons. The summed E-state index contributed by atoms with van der Waals surface area (Å²) in [7, 11) is 0. The molecule has 0 aliphatic heterocycles. The van der Waals surface area contributed by atoms with Gasteiger partial charge in [-0.05, 0) is 55.2 Å². The molecular formula is C18H16FN3O. The molecule has 3 aromatic rings. The molecule has 0 radical (unpaired) electrons. The number of nitrogens with zero attached hydrogens (tertiary/aromatic N) is 1. The number of benzene rings is 1. The zero-order valence-electron chi connectivity index (χ0n) is 12.5. The first-order valence-corrected chi connectivity index (χ1v) is 7.74. The number of H-pyrrole nitrogens is 1. The molecular weight excluding hydrogens is 293 g/mol. The van der Waals surface area contributed by atoms with Crippen molar-refractivity contribution in [3.8, 4) is 0 Å². The third kappa shape index (κ3) is 2.48. The minimum atomic E-state index is -0.237. The van der Waals surface area contributed by atoms with Crippen LogP contribution in [0.4, 0.5) is 4.39 Å². The van der Waals surface area contributed by atoms with E-state index in [1.165, 1.54) is 6.07 Å². The summed E-state index contributed by atoms with van der Waals surface area (Å²) in [5, 5.41) is 3.95. The van der Waals surface area contributed by atoms with Crippen molar-refractivity contribution in [1.82, 2.24) is 15.3 Å². The number of aryl methyl sites for hydroxylation is 1. The summed E-state index contributed by atoms with van der Waals surface area (Å²) in [6.07, 6.45) is 4.33. The van der Waals surface area contributed by atoms with Crippen LogP contribution in [-0.2, 0) is 6.42 Å². The van der Waals surface area contributed by atoms with E-state index in [0.717, 1.165) is 41.4 Å². The maximum atomic E-state index is 13.5. The van der Waals surface area contributed by atoms with Crippen molar-refractivity contribution in [2.24, 2.45) is 0 Å². The van der Waals surface area contributed by atoms with Gasteiger partial charge in [-0.3, -0.25) is 9.78 Å². The van der Waals surface area contributed by atoms with Crippen LogP contribution in [0, 0.1) is 5.82 Å². The van der Waals surface area contributed by atoms with Gasteiger partial charge in [-0.1, -0.05) is 6.07 Å². The van der Waals surface area contributed by atoms with E-state index in [0.29, 0.717) is 5.69 Å². The lowest BCUT2D eigenvalue weighted by atomic mass is 9.91. The number of aromatic amines is 1. The Bertz CT molecular complexity index is 873. The zero-order chi connectivity index (χ0) is 15.8. The molecule has 1 unspecified atom stereocenters. The summed E-state index contributed by atoms with van der Waals surface area (Å²) in [5.74, 6) is -0.424. The van der Waals surface area contributed by atoms with Crippen molar-refractivity contribution in [1.29, 1.82) is 0 Å². The lowest BCUT2D eigenvalue weighted by molar-refractivity contribution is 0.0927. The van der Waals surface area contributed by atoms with Gasteiger partial charge in [-0.25, -0.2) is 4.39 Å². The standard InChI is InChI=1S/C18H16FN3O/c19-11-7-8-14-13(10-11)12-4-3-6-15(17(12)21-14)22-18(23)16-5-1-2-9-20-16/h1-2,5,7-10,15,21H,3-4,6H2,(H,22,23). The number of carbonyl (C=O) groups excluding carboxylic acids is 1. The summed E-state index contributed by atoms with van der Waals surface area (Å²) < 4.78 is 13.5. The molecule has 0 saturated carbocycles. The first-order chi connectivity index (χ1) is 11.2. The molecule has 0 spiro atoms. The van der Waals surface area contributed by atoms with Gasteiger partial charge in [0, 0.05) is 22.8 Å². The predicted octanol–water partition coefficient (Wildman–Crippen LogP) is 3.51. The Morgan fingerprint density at radius 3 is 3.04 bits per heavy atom. The number of pyridine rings is 1. The minimum Gasteiger partial charge on any atom is -0.356 e. The Hall–Kier alpha value is -2.69. The molecule has 0 fully saturated rings. The summed E-state index contributed by atoms with van der Waals surface area (Å²) in [6.45, 7) is 0. The van der Waals surface area contributed by atoms with Crippen LogP contribution in [0.25, 0.3) is 10.9 Å². The molecule has 2 N–H and O–H groups in total. The van der Waals surface area contributed by atoms with Crippen molar-refractivity contribution < 1.29 is 9.18 Å². The second kappa shape index (κ2) is 5.50. The Morgan fingerprint density at radius 2 is 2.22 bits per heavy atom. The molecule has 1 atom stereocenters. The summed E-state index contributed by atoms with van der Waals surface area (Å²) in [4.78, 5) is 19.8. The average molecular weight is 309 g/mol. The quantitative estimate of drug-likeness (QED) is 0.761.